The molecule has 8 aromatic rings. The van der Waals surface area contributed by atoms with E-state index in [0.717, 1.165) is 56.6 Å². The Balaban J connectivity index is 1.47. The number of hydrogen-bond donors (Lipinski definition) is 1. The average molecular weight is 796 g/mol. The predicted octanol–water partition coefficient (Wildman–Crippen LogP) is 15.5. The Labute approximate surface area is 367 Å². The number of benzene rings is 6. The minimum Gasteiger partial charge on any atom is -0.507 e. The van der Waals surface area contributed by atoms with E-state index < -0.39 is 47.8 Å². The summed E-state index contributed by atoms with van der Waals surface area (Å²) in [6.07, 6.45) is 0.478. The summed E-state index contributed by atoms with van der Waals surface area (Å²) in [5.41, 5.74) is 9.97. The lowest BCUT2D eigenvalue weighted by molar-refractivity contribution is 0.466. The van der Waals surface area contributed by atoms with Gasteiger partial charge < -0.3 is 5.11 Å². The van der Waals surface area contributed by atoms with Crippen molar-refractivity contribution in [2.24, 2.45) is 0 Å². The van der Waals surface area contributed by atoms with Crippen LogP contribution in [0.5, 0.6) is 5.75 Å². The van der Waals surface area contributed by atoms with Gasteiger partial charge in [0.15, 0.2) is 0 Å². The summed E-state index contributed by atoms with van der Waals surface area (Å²) in [5, 5.41) is 12.3. The number of pyridine rings is 1. The van der Waals surface area contributed by atoms with Gasteiger partial charge in [-0.1, -0.05) is 153 Å². The summed E-state index contributed by atoms with van der Waals surface area (Å²) in [6, 6.07) is 29.2. The van der Waals surface area contributed by atoms with Crippen LogP contribution in [-0.2, 0) is 5.41 Å². The van der Waals surface area contributed by atoms with Crippen molar-refractivity contribution in [3.05, 3.63) is 168 Å². The Morgan fingerprint density at radius 1 is 0.667 bits per heavy atom. The molecule has 6 aromatic carbocycles. The Morgan fingerprint density at radius 3 is 2.10 bits per heavy atom. The summed E-state index contributed by atoms with van der Waals surface area (Å²) in [7, 11) is 0. The number of para-hydroxylation sites is 1. The second kappa shape index (κ2) is 16.4. The van der Waals surface area contributed by atoms with E-state index in [1.807, 2.05) is 48.5 Å². The van der Waals surface area contributed by atoms with Gasteiger partial charge in [0.2, 0.25) is 0 Å². The van der Waals surface area contributed by atoms with Gasteiger partial charge in [-0.15, -0.1) is 0 Å². The van der Waals surface area contributed by atoms with Gasteiger partial charge in [0, 0.05) is 22.9 Å². The fourth-order valence-electron chi connectivity index (χ4n) is 7.83. The van der Waals surface area contributed by atoms with Gasteiger partial charge in [-0.2, -0.15) is 0 Å². The molecular weight excluding hydrogens is 731 g/mol. The fraction of sp³-hybridized carbons (Fsp3) is 0.250. The molecule has 0 aliphatic heterocycles. The quantitative estimate of drug-likeness (QED) is 0.150. The van der Waals surface area contributed by atoms with Gasteiger partial charge in [-0.3, -0.25) is 9.55 Å². The Kier molecular flexibility index (Phi) is 8.65. The lowest BCUT2D eigenvalue weighted by Gasteiger charge is -2.22. The fourth-order valence-corrected chi connectivity index (χ4v) is 7.83. The molecule has 0 saturated carbocycles. The second-order valence-corrected chi connectivity index (χ2v) is 17.5. The number of aromatic hydroxyl groups is 1. The van der Waals surface area contributed by atoms with E-state index in [1.54, 1.807) is 0 Å². The van der Waals surface area contributed by atoms with Crippen molar-refractivity contribution < 1.29 is 16.1 Å². The van der Waals surface area contributed by atoms with Gasteiger partial charge in [0.25, 0.3) is 0 Å². The van der Waals surface area contributed by atoms with Crippen LogP contribution in [-0.4, -0.2) is 19.6 Å². The minimum atomic E-state index is -0.597. The van der Waals surface area contributed by atoms with Crippen LogP contribution in [0, 0.1) is 0 Å². The van der Waals surface area contributed by atoms with Crippen LogP contribution in [0.1, 0.15) is 120 Å². The molecule has 1 unspecified atom stereocenters. The molecule has 2 heterocycles. The predicted molar refractivity (Wildman–Crippen MR) is 253 cm³/mol. The molecule has 2 aromatic heterocycles. The second-order valence-electron chi connectivity index (χ2n) is 17.5. The zero-order chi connectivity index (χ0) is 49.3. The topological polar surface area (TPSA) is 50.9 Å². The highest BCUT2D eigenvalue weighted by atomic mass is 16.3. The normalized spacial score (nSPS) is 14.3. The summed E-state index contributed by atoms with van der Waals surface area (Å²) in [4.78, 5) is 10.0. The first-order valence-corrected chi connectivity index (χ1v) is 20.9. The van der Waals surface area contributed by atoms with Crippen molar-refractivity contribution in [1.29, 1.82) is 0 Å². The maximum absolute atomic E-state index is 12.3. The molecular formula is C56H57N3O. The van der Waals surface area contributed by atoms with E-state index >= 15 is 0 Å². The van der Waals surface area contributed by atoms with Gasteiger partial charge in [0.05, 0.1) is 38.9 Å². The summed E-state index contributed by atoms with van der Waals surface area (Å²) < 4.78 is 71.7. The Hall–Kier alpha value is -6.26. The zero-order valence-electron chi connectivity index (χ0n) is 44.0. The third-order valence-corrected chi connectivity index (χ3v) is 11.6. The molecule has 0 radical (unpaired) electrons. The van der Waals surface area contributed by atoms with Crippen molar-refractivity contribution in [2.75, 3.05) is 0 Å². The third-order valence-electron chi connectivity index (χ3n) is 11.6. The van der Waals surface area contributed by atoms with Crippen LogP contribution < -0.4 is 0 Å². The first-order chi connectivity index (χ1) is 32.1. The molecule has 60 heavy (non-hydrogen) atoms. The average Bonchev–Trinajstić information content (AvgIpc) is 3.71. The Bertz CT molecular complexity index is 3250. The monoisotopic (exact) mass is 796 g/mol. The number of imidazole rings is 1. The van der Waals surface area contributed by atoms with E-state index in [9.17, 15) is 6.48 Å². The Morgan fingerprint density at radius 2 is 1.40 bits per heavy atom. The van der Waals surface area contributed by atoms with Crippen molar-refractivity contribution in [1.82, 2.24) is 14.5 Å². The van der Waals surface area contributed by atoms with Gasteiger partial charge in [-0.25, -0.2) is 4.98 Å². The maximum atomic E-state index is 12.3. The number of hydrogen-bond acceptors (Lipinski definition) is 3. The number of nitrogens with zero attached hydrogens (tertiary/aromatic N) is 3. The molecule has 0 aliphatic rings. The summed E-state index contributed by atoms with van der Waals surface area (Å²) in [6.45, 7) is 19.1. The van der Waals surface area contributed by atoms with Crippen LogP contribution in [0.3, 0.4) is 0 Å². The van der Waals surface area contributed by atoms with Crippen molar-refractivity contribution in [2.45, 2.75) is 91.9 Å². The molecule has 8 rings (SSSR count). The third kappa shape index (κ3) is 7.79. The maximum Gasteiger partial charge on any atom is 0.149 e. The smallest absolute Gasteiger partial charge is 0.149 e. The van der Waals surface area contributed by atoms with E-state index in [2.05, 4.69) is 120 Å². The van der Waals surface area contributed by atoms with Crippen molar-refractivity contribution in [3.8, 4) is 67.5 Å². The molecule has 0 amide bonds. The number of phenols is 1. The highest BCUT2D eigenvalue weighted by Gasteiger charge is 2.26. The van der Waals surface area contributed by atoms with Crippen LogP contribution in [0.2, 0.25) is 0 Å². The standard InChI is InChI=1S/C56H57N3O/c1-10-37(6)40-24-25-51(48(31-40)39-20-15-12-16-21-39)59-52-23-17-22-46(53(52)58-55(59)49-33-42(35(2)3)32-47(36(4)5)54(49)60)43-28-44(30-45(29-43)56(7,8)9)50-34-41(26-27-57-50)38-18-13-11-14-19-38/h11-37,60H,10H2,1-9H3/i11D,13D,14D,18D,19D,26D,27D,34D. The van der Waals surface area contributed by atoms with E-state index in [-0.39, 0.29) is 40.4 Å². The van der Waals surface area contributed by atoms with Crippen LogP contribution in [0.4, 0.5) is 0 Å². The molecule has 1 atom stereocenters. The molecule has 0 saturated heterocycles. The largest absolute Gasteiger partial charge is 0.507 e. The van der Waals surface area contributed by atoms with Crippen molar-refractivity contribution >= 4 is 11.0 Å². The first-order valence-electron chi connectivity index (χ1n) is 24.9. The molecule has 0 fully saturated rings. The van der Waals surface area contributed by atoms with Gasteiger partial charge in [0.1, 0.15) is 11.6 Å². The minimum absolute atomic E-state index is 0.0268. The first kappa shape index (κ1) is 31.6. The van der Waals surface area contributed by atoms with Gasteiger partial charge >= 0.3 is 0 Å². The van der Waals surface area contributed by atoms with E-state index in [0.29, 0.717) is 28.4 Å². The zero-order valence-corrected chi connectivity index (χ0v) is 36.0. The van der Waals surface area contributed by atoms with Gasteiger partial charge in [-0.05, 0) is 123 Å². The number of aromatic nitrogens is 3. The highest BCUT2D eigenvalue weighted by Crippen LogP contribution is 2.45. The molecule has 302 valence electrons. The molecule has 4 nitrogen and oxygen atoms in total. The SMILES string of the molecule is [2H]c1nc(-c2cc(-c3cccc4c3nc(-c3cc(C(C)C)cc(C(C)C)c3O)n4-c3ccc(C(C)CC)cc3-c3ccccc3)cc(C(C)(C)C)c2)c([2H])c(-c2c([2H])c([2H])c([2H])c([2H])c2[2H])c1[2H]. The molecule has 4 heteroatoms. The summed E-state index contributed by atoms with van der Waals surface area (Å²) >= 11 is 0. The van der Waals surface area contributed by atoms with Crippen molar-refractivity contribution in [3.63, 3.8) is 0 Å². The van der Waals surface area contributed by atoms with Crippen LogP contribution in [0.25, 0.3) is 72.7 Å². The number of rotatable bonds is 10. The summed E-state index contributed by atoms with van der Waals surface area (Å²) in [5.74, 6) is 1.25. The lowest BCUT2D eigenvalue weighted by atomic mass is 9.83. The van der Waals surface area contributed by atoms with Crippen LogP contribution in [0.15, 0.2) is 146 Å². The van der Waals surface area contributed by atoms with E-state index in [1.165, 1.54) is 5.56 Å². The molecule has 0 spiro atoms. The number of fused-ring (bicyclic) bond motifs is 1. The number of phenolic OH excluding ortho intramolecular Hbond substituents is 1. The molecule has 0 aliphatic carbocycles. The molecule has 0 bridgehead atoms. The lowest BCUT2D eigenvalue weighted by Crippen LogP contribution is -2.11. The highest BCUT2D eigenvalue weighted by molar-refractivity contribution is 5.98. The van der Waals surface area contributed by atoms with E-state index in [4.69, 9.17) is 14.6 Å². The van der Waals surface area contributed by atoms with Crippen LogP contribution >= 0.6 is 0 Å². The molecule has 1 N–H and O–H groups in total.